The topological polar surface area (TPSA) is 50.7 Å². The predicted molar refractivity (Wildman–Crippen MR) is 45.5 cm³/mol. The molecule has 0 amide bonds. The number of hydrogen-bond acceptors (Lipinski definition) is 2. The molecule has 1 aromatic heterocycles. The maximum absolute atomic E-state index is 10.9. The van der Waals surface area contributed by atoms with Crippen LogP contribution in [-0.2, 0) is 0 Å². The molecule has 56 valence electrons. The normalized spacial score (nSPS) is 9.18. The van der Waals surface area contributed by atoms with Gasteiger partial charge < -0.3 is 5.21 Å². The van der Waals surface area contributed by atoms with Gasteiger partial charge in [-0.2, -0.15) is 9.99 Å². The Labute approximate surface area is 80.1 Å². The summed E-state index contributed by atoms with van der Waals surface area (Å²) in [5, 5.41) is 19.4. The highest BCUT2D eigenvalue weighted by molar-refractivity contribution is 9.11. The summed E-state index contributed by atoms with van der Waals surface area (Å²) in [4.78, 5) is 0. The van der Waals surface area contributed by atoms with Crippen LogP contribution in [0.15, 0.2) is 21.2 Å². The molecule has 5 heteroatoms. The van der Waals surface area contributed by atoms with E-state index in [0.29, 0.717) is 13.7 Å². The first-order valence-electron chi connectivity index (χ1n) is 2.63. The summed E-state index contributed by atoms with van der Waals surface area (Å²) in [6, 6.07) is 3.42. The fraction of sp³-hybridized carbons (Fsp3) is 0. The second-order valence-electron chi connectivity index (χ2n) is 1.79. The van der Waals surface area contributed by atoms with Gasteiger partial charge in [0.05, 0.1) is 4.47 Å². The number of nitrogens with zero attached hydrogens (tertiary/aromatic N) is 2. The van der Waals surface area contributed by atoms with Crippen molar-refractivity contribution in [2.24, 2.45) is 0 Å². The average Bonchev–Trinajstić information content (AvgIpc) is 1.85. The summed E-state index contributed by atoms with van der Waals surface area (Å²) in [6.45, 7) is 0. The van der Waals surface area contributed by atoms with E-state index in [4.69, 9.17) is 5.26 Å². The van der Waals surface area contributed by atoms with Crippen LogP contribution in [0.1, 0.15) is 5.69 Å². The predicted octanol–water partition coefficient (Wildman–Crippen LogP) is 1.72. The van der Waals surface area contributed by atoms with Crippen molar-refractivity contribution in [3.8, 4) is 6.07 Å². The molecule has 0 unspecified atom stereocenters. The Bertz CT molecular complexity index is 309. The van der Waals surface area contributed by atoms with Gasteiger partial charge in [0, 0.05) is 0 Å². The lowest BCUT2D eigenvalue weighted by Gasteiger charge is -1.99. The third-order valence-electron chi connectivity index (χ3n) is 1.06. The van der Waals surface area contributed by atoms with Crippen LogP contribution in [0.5, 0.6) is 0 Å². The molecule has 0 aliphatic heterocycles. The van der Waals surface area contributed by atoms with Crippen LogP contribution in [0.25, 0.3) is 0 Å². The van der Waals surface area contributed by atoms with Crippen LogP contribution in [0.3, 0.4) is 0 Å². The Morgan fingerprint density at radius 3 is 2.64 bits per heavy atom. The Morgan fingerprint density at radius 2 is 2.18 bits per heavy atom. The maximum Gasteiger partial charge on any atom is 0.309 e. The Kier molecular flexibility index (Phi) is 2.47. The van der Waals surface area contributed by atoms with Crippen LogP contribution >= 0.6 is 31.9 Å². The van der Waals surface area contributed by atoms with Crippen molar-refractivity contribution >= 4 is 31.9 Å². The van der Waals surface area contributed by atoms with Crippen molar-refractivity contribution in [1.82, 2.24) is 0 Å². The SMILES string of the molecule is N#Cc1c(Br)cc(Br)c[n+]1[O-]. The van der Waals surface area contributed by atoms with E-state index in [9.17, 15) is 5.21 Å². The van der Waals surface area contributed by atoms with Crippen LogP contribution in [-0.4, -0.2) is 0 Å². The quantitative estimate of drug-likeness (QED) is 0.536. The average molecular weight is 278 g/mol. The molecule has 3 nitrogen and oxygen atoms in total. The number of rotatable bonds is 0. The minimum absolute atomic E-state index is 0.0631. The summed E-state index contributed by atoms with van der Waals surface area (Å²) >= 11 is 6.20. The Balaban J connectivity index is 3.40. The van der Waals surface area contributed by atoms with Crippen LogP contribution in [0.4, 0.5) is 0 Å². The minimum atomic E-state index is 0.0631. The molecule has 0 saturated heterocycles. The Hall–Kier alpha value is -0.600. The molecular formula is C6H2Br2N2O. The van der Waals surface area contributed by atoms with Crippen molar-refractivity contribution in [3.63, 3.8) is 0 Å². The lowest BCUT2D eigenvalue weighted by molar-refractivity contribution is -0.609. The molecule has 1 heterocycles. The molecule has 1 rings (SSSR count). The van der Waals surface area contributed by atoms with Crippen LogP contribution < -0.4 is 4.73 Å². The molecule has 0 aromatic carbocycles. The third-order valence-corrected chi connectivity index (χ3v) is 2.10. The Morgan fingerprint density at radius 1 is 1.55 bits per heavy atom. The third kappa shape index (κ3) is 1.70. The second-order valence-corrected chi connectivity index (χ2v) is 3.56. The summed E-state index contributed by atoms with van der Waals surface area (Å²) in [5.41, 5.74) is 0.0631. The number of pyridine rings is 1. The van der Waals surface area contributed by atoms with E-state index in [-0.39, 0.29) is 5.69 Å². The first-order chi connectivity index (χ1) is 5.15. The van der Waals surface area contributed by atoms with Gasteiger partial charge in [-0.05, 0) is 37.9 Å². The van der Waals surface area contributed by atoms with Gasteiger partial charge in [-0.25, -0.2) is 0 Å². The lowest BCUT2D eigenvalue weighted by atomic mass is 10.4. The van der Waals surface area contributed by atoms with Crippen molar-refractivity contribution in [2.45, 2.75) is 0 Å². The number of halogens is 2. The molecule has 0 radical (unpaired) electrons. The van der Waals surface area contributed by atoms with Gasteiger partial charge in [-0.15, -0.1) is 0 Å². The summed E-state index contributed by atoms with van der Waals surface area (Å²) in [5.74, 6) is 0. The zero-order chi connectivity index (χ0) is 8.43. The van der Waals surface area contributed by atoms with Gasteiger partial charge in [0.25, 0.3) is 0 Å². The molecule has 0 atom stereocenters. The van der Waals surface area contributed by atoms with Gasteiger partial charge in [0.2, 0.25) is 0 Å². The first kappa shape index (κ1) is 8.50. The van der Waals surface area contributed by atoms with E-state index < -0.39 is 0 Å². The van der Waals surface area contributed by atoms with Gasteiger partial charge in [-0.3, -0.25) is 0 Å². The smallest absolute Gasteiger partial charge is 0.309 e. The summed E-state index contributed by atoms with van der Waals surface area (Å²) in [6.07, 6.45) is 1.28. The van der Waals surface area contributed by atoms with E-state index in [1.54, 1.807) is 12.1 Å². The van der Waals surface area contributed by atoms with Crippen molar-refractivity contribution < 1.29 is 4.73 Å². The van der Waals surface area contributed by atoms with E-state index in [1.165, 1.54) is 6.20 Å². The molecular weight excluding hydrogens is 276 g/mol. The summed E-state index contributed by atoms with van der Waals surface area (Å²) < 4.78 is 1.64. The molecule has 0 bridgehead atoms. The largest absolute Gasteiger partial charge is 0.618 e. The van der Waals surface area contributed by atoms with Crippen LogP contribution in [0, 0.1) is 16.5 Å². The molecule has 0 aliphatic carbocycles. The van der Waals surface area contributed by atoms with Gasteiger partial charge in [0.1, 0.15) is 4.47 Å². The highest BCUT2D eigenvalue weighted by atomic mass is 79.9. The van der Waals surface area contributed by atoms with Crippen LogP contribution in [0.2, 0.25) is 0 Å². The molecule has 11 heavy (non-hydrogen) atoms. The van der Waals surface area contributed by atoms with E-state index in [2.05, 4.69) is 31.9 Å². The fourth-order valence-electron chi connectivity index (χ4n) is 0.611. The summed E-state index contributed by atoms with van der Waals surface area (Å²) in [7, 11) is 0. The van der Waals surface area contributed by atoms with Gasteiger partial charge in [0.15, 0.2) is 12.3 Å². The number of aromatic nitrogens is 1. The van der Waals surface area contributed by atoms with Crippen molar-refractivity contribution in [3.05, 3.63) is 32.1 Å². The van der Waals surface area contributed by atoms with Gasteiger partial charge in [-0.1, -0.05) is 0 Å². The molecule has 0 saturated carbocycles. The van der Waals surface area contributed by atoms with Crippen molar-refractivity contribution in [1.29, 1.82) is 5.26 Å². The van der Waals surface area contributed by atoms with Crippen molar-refractivity contribution in [2.75, 3.05) is 0 Å². The minimum Gasteiger partial charge on any atom is -0.618 e. The molecule has 0 fully saturated rings. The zero-order valence-electron chi connectivity index (χ0n) is 5.21. The first-order valence-corrected chi connectivity index (χ1v) is 4.22. The number of nitriles is 1. The maximum atomic E-state index is 10.9. The fourth-order valence-corrected chi connectivity index (χ4v) is 1.84. The zero-order valence-corrected chi connectivity index (χ0v) is 8.39. The molecule has 1 aromatic rings. The van der Waals surface area contributed by atoms with E-state index in [0.717, 1.165) is 0 Å². The second kappa shape index (κ2) is 3.20. The monoisotopic (exact) mass is 276 g/mol. The van der Waals surface area contributed by atoms with Gasteiger partial charge >= 0.3 is 5.69 Å². The highest BCUT2D eigenvalue weighted by Gasteiger charge is 2.10. The molecule has 0 spiro atoms. The van der Waals surface area contributed by atoms with E-state index >= 15 is 0 Å². The molecule has 0 N–H and O–H groups in total. The van der Waals surface area contributed by atoms with E-state index in [1.807, 2.05) is 0 Å². The highest BCUT2D eigenvalue weighted by Crippen LogP contribution is 2.17. The standard InChI is InChI=1S/C6H2Br2N2O/c7-4-1-5(8)6(2-9)10(11)3-4/h1,3H. The lowest BCUT2D eigenvalue weighted by Crippen LogP contribution is -2.30. The molecule has 0 aliphatic rings. The number of hydrogen-bond donors (Lipinski definition) is 0.